The van der Waals surface area contributed by atoms with E-state index in [9.17, 15) is 13.2 Å². The lowest BCUT2D eigenvalue weighted by Gasteiger charge is -2.24. The van der Waals surface area contributed by atoms with Gasteiger partial charge in [-0.2, -0.15) is 13.9 Å². The second kappa shape index (κ2) is 8.15. The van der Waals surface area contributed by atoms with Gasteiger partial charge in [-0.1, -0.05) is 12.8 Å². The van der Waals surface area contributed by atoms with Gasteiger partial charge in [0.25, 0.3) is 0 Å². The molecule has 0 aromatic carbocycles. The number of piperidine rings is 1. The summed E-state index contributed by atoms with van der Waals surface area (Å²) in [6.45, 7) is -1.02. The van der Waals surface area contributed by atoms with Gasteiger partial charge in [-0.25, -0.2) is 18.6 Å². The van der Waals surface area contributed by atoms with Gasteiger partial charge in [0, 0.05) is 30.9 Å². The number of halogens is 3. The van der Waals surface area contributed by atoms with Crippen LogP contribution in [0.2, 0.25) is 0 Å². The minimum atomic E-state index is -2.76. The third-order valence-electron chi connectivity index (χ3n) is 3.96. The monoisotopic (exact) mass is 401 g/mol. The van der Waals surface area contributed by atoms with Crippen molar-refractivity contribution in [1.82, 2.24) is 28.7 Å². The smallest absolute Gasteiger partial charge is 0.333 e. The maximum Gasteiger partial charge on any atom is 0.333 e. The number of aromatic nitrogens is 5. The molecule has 27 heavy (non-hydrogen) atoms. The van der Waals surface area contributed by atoms with E-state index in [-0.39, 0.29) is 23.3 Å². The summed E-state index contributed by atoms with van der Waals surface area (Å²) in [5, 5.41) is 16.3. The van der Waals surface area contributed by atoms with Gasteiger partial charge in [-0.15, -0.1) is 5.10 Å². The minimum absolute atomic E-state index is 0.0504. The Balaban J connectivity index is 0.000000221. The number of thiol groups is 1. The molecular weight excluding hydrogens is 383 g/mol. The van der Waals surface area contributed by atoms with Crippen molar-refractivity contribution in [3.63, 3.8) is 0 Å². The summed E-state index contributed by atoms with van der Waals surface area (Å²) < 4.78 is 42.1. The highest BCUT2D eigenvalue weighted by molar-refractivity contribution is 7.77. The van der Waals surface area contributed by atoms with Crippen LogP contribution in [0.3, 0.4) is 0 Å². The average Bonchev–Trinajstić information content (AvgIpc) is 3.20. The maximum absolute atomic E-state index is 13.7. The van der Waals surface area contributed by atoms with Gasteiger partial charge in [0.2, 0.25) is 5.95 Å². The normalized spacial score (nSPS) is 17.9. The first-order valence-corrected chi connectivity index (χ1v) is 8.49. The van der Waals surface area contributed by atoms with E-state index in [4.69, 9.17) is 10.8 Å². The van der Waals surface area contributed by atoms with Gasteiger partial charge < -0.3 is 10.8 Å². The van der Waals surface area contributed by atoms with Crippen molar-refractivity contribution in [3.8, 4) is 11.3 Å². The van der Waals surface area contributed by atoms with Crippen molar-refractivity contribution in [3.05, 3.63) is 30.5 Å². The number of anilines is 1. The quantitative estimate of drug-likeness (QED) is 0.569. The number of alkyl halides is 2. The minimum Gasteiger partial charge on any atom is -0.392 e. The topological polar surface area (TPSA) is 97.5 Å². The Kier molecular flexibility index (Phi) is 5.87. The molecular formula is C15H18F3N7OS. The van der Waals surface area contributed by atoms with Gasteiger partial charge in [0.1, 0.15) is 5.52 Å². The van der Waals surface area contributed by atoms with Crippen LogP contribution in [0, 0.1) is 5.82 Å². The third-order valence-corrected chi connectivity index (χ3v) is 4.32. The molecule has 146 valence electrons. The summed E-state index contributed by atoms with van der Waals surface area (Å²) in [6, 6.07) is 1.16. The fourth-order valence-corrected chi connectivity index (χ4v) is 3.01. The van der Waals surface area contributed by atoms with Gasteiger partial charge in [0.05, 0.1) is 24.2 Å². The van der Waals surface area contributed by atoms with Crippen LogP contribution in [0.25, 0.3) is 16.8 Å². The molecule has 3 N–H and O–H groups in total. The highest BCUT2D eigenvalue weighted by Crippen LogP contribution is 2.25. The molecule has 0 saturated carbocycles. The lowest BCUT2D eigenvalue weighted by atomic mass is 10.1. The number of fused-ring (bicyclic) bond motifs is 1. The van der Waals surface area contributed by atoms with Crippen LogP contribution < -0.4 is 5.73 Å². The zero-order chi connectivity index (χ0) is 19.6. The molecule has 4 heterocycles. The molecule has 1 unspecified atom stereocenters. The van der Waals surface area contributed by atoms with Crippen molar-refractivity contribution in [2.45, 2.75) is 25.5 Å². The van der Waals surface area contributed by atoms with Crippen molar-refractivity contribution >= 4 is 24.3 Å². The van der Waals surface area contributed by atoms with Crippen LogP contribution in [0.15, 0.2) is 24.7 Å². The number of aliphatic hydroxyl groups is 1. The second-order valence-electron chi connectivity index (χ2n) is 5.99. The van der Waals surface area contributed by atoms with Crippen LogP contribution >= 0.6 is 12.8 Å². The Bertz CT molecular complexity index is 908. The molecule has 3 aromatic rings. The molecule has 1 saturated heterocycles. The molecule has 1 fully saturated rings. The Morgan fingerprint density at radius 3 is 2.70 bits per heavy atom. The Morgan fingerprint density at radius 1 is 1.33 bits per heavy atom. The fraction of sp³-hybridized carbons (Fsp3) is 0.400. The predicted octanol–water partition coefficient (Wildman–Crippen LogP) is 2.00. The molecule has 1 aliphatic heterocycles. The van der Waals surface area contributed by atoms with E-state index >= 15 is 0 Å². The molecule has 1 atom stereocenters. The summed E-state index contributed by atoms with van der Waals surface area (Å²) >= 11 is 4.09. The van der Waals surface area contributed by atoms with Crippen molar-refractivity contribution in [2.24, 2.45) is 0 Å². The van der Waals surface area contributed by atoms with Gasteiger partial charge in [-0.3, -0.25) is 4.31 Å². The molecule has 4 rings (SSSR count). The summed E-state index contributed by atoms with van der Waals surface area (Å²) in [6.07, 6.45) is 5.40. The van der Waals surface area contributed by atoms with E-state index in [1.54, 1.807) is 0 Å². The summed E-state index contributed by atoms with van der Waals surface area (Å²) in [5.41, 5.74) is 6.11. The van der Waals surface area contributed by atoms with E-state index in [1.807, 2.05) is 4.31 Å². The van der Waals surface area contributed by atoms with Crippen molar-refractivity contribution in [1.29, 1.82) is 0 Å². The molecule has 0 radical (unpaired) electrons. The Labute approximate surface area is 157 Å². The first-order valence-electron chi connectivity index (χ1n) is 8.09. The van der Waals surface area contributed by atoms with E-state index in [1.165, 1.54) is 16.9 Å². The second-order valence-corrected chi connectivity index (χ2v) is 6.55. The first-order chi connectivity index (χ1) is 12.8. The maximum atomic E-state index is 13.7. The molecule has 3 aromatic heterocycles. The summed E-state index contributed by atoms with van der Waals surface area (Å²) in [5.74, 6) is -0.620. The van der Waals surface area contributed by atoms with E-state index < -0.39 is 12.4 Å². The number of nitrogens with two attached hydrogens (primary N) is 1. The SMILES string of the molecule is Nc1ncc2c(F)cc(-c3cnn(C(F)F)c3)n2n1.OC1CCCN(S)C1. The lowest BCUT2D eigenvalue weighted by molar-refractivity contribution is 0.0566. The van der Waals surface area contributed by atoms with Gasteiger partial charge in [-0.05, 0) is 12.8 Å². The molecule has 1 aliphatic rings. The van der Waals surface area contributed by atoms with Gasteiger partial charge in [0.15, 0.2) is 5.82 Å². The third kappa shape index (κ3) is 4.51. The van der Waals surface area contributed by atoms with E-state index in [0.717, 1.165) is 38.2 Å². The average molecular weight is 401 g/mol. The number of β-amino-alcohol motifs (C(OH)–C–C–N with tert-alkyl or cyclic N) is 1. The molecule has 0 amide bonds. The lowest BCUT2D eigenvalue weighted by Crippen LogP contribution is -2.31. The first kappa shape index (κ1) is 19.5. The van der Waals surface area contributed by atoms with Crippen molar-refractivity contribution < 1.29 is 18.3 Å². The van der Waals surface area contributed by atoms with Crippen LogP contribution in [0.1, 0.15) is 19.4 Å². The molecule has 8 nitrogen and oxygen atoms in total. The van der Waals surface area contributed by atoms with Gasteiger partial charge >= 0.3 is 6.55 Å². The largest absolute Gasteiger partial charge is 0.392 e. The van der Waals surface area contributed by atoms with Crippen molar-refractivity contribution in [2.75, 3.05) is 18.8 Å². The number of hydrogen-bond acceptors (Lipinski definition) is 7. The van der Waals surface area contributed by atoms with Crippen LogP contribution in [0.4, 0.5) is 19.1 Å². The Morgan fingerprint density at radius 2 is 2.11 bits per heavy atom. The molecule has 0 bridgehead atoms. The number of aliphatic hydroxyl groups excluding tert-OH is 1. The van der Waals surface area contributed by atoms with E-state index in [2.05, 4.69) is 28.0 Å². The Hall–Kier alpha value is -2.31. The summed E-state index contributed by atoms with van der Waals surface area (Å²) in [4.78, 5) is 3.67. The number of rotatable bonds is 2. The molecule has 12 heteroatoms. The predicted molar refractivity (Wildman–Crippen MR) is 95.6 cm³/mol. The van der Waals surface area contributed by atoms with Crippen LogP contribution in [0.5, 0.6) is 0 Å². The fourth-order valence-electron chi connectivity index (χ4n) is 2.68. The number of nitrogens with zero attached hydrogens (tertiary/aromatic N) is 6. The van der Waals surface area contributed by atoms with E-state index in [0.29, 0.717) is 10.2 Å². The number of hydrogen-bond donors (Lipinski definition) is 3. The van der Waals surface area contributed by atoms with Crippen LogP contribution in [-0.4, -0.2) is 53.0 Å². The number of nitrogen functional groups attached to an aromatic ring is 1. The zero-order valence-electron chi connectivity index (χ0n) is 14.1. The summed E-state index contributed by atoms with van der Waals surface area (Å²) in [7, 11) is 0. The standard InChI is InChI=1S/C10H7F3N6.C5H11NOS/c11-6-1-7(5-2-16-18(4-5)9(12)13)19-8(6)3-15-10(14)17-19;7-5-2-1-3-6(8)4-5/h1-4,9H,(H2,14,17);5,7-8H,1-4H2. The highest BCUT2D eigenvalue weighted by Gasteiger charge is 2.16. The van der Waals surface area contributed by atoms with Crippen LogP contribution in [-0.2, 0) is 0 Å². The molecule has 0 spiro atoms. The molecule has 0 aliphatic carbocycles. The highest BCUT2D eigenvalue weighted by atomic mass is 32.1. The zero-order valence-corrected chi connectivity index (χ0v) is 15.0.